The van der Waals surface area contributed by atoms with Gasteiger partial charge in [0.2, 0.25) is 23.6 Å². The zero-order chi connectivity index (χ0) is 24.5. The van der Waals surface area contributed by atoms with Crippen LogP contribution in [-0.2, 0) is 19.2 Å². The van der Waals surface area contributed by atoms with Crippen LogP contribution >= 0.6 is 46.4 Å². The van der Waals surface area contributed by atoms with E-state index in [-0.39, 0.29) is 42.6 Å². The summed E-state index contributed by atoms with van der Waals surface area (Å²) in [6, 6.07) is 4.99. The van der Waals surface area contributed by atoms with Gasteiger partial charge in [-0.25, -0.2) is 9.80 Å². The smallest absolute Gasteiger partial charge is 0.230 e. The Hall–Kier alpha value is -2.45. The lowest BCUT2D eigenvalue weighted by Crippen LogP contribution is -2.33. The predicted molar refractivity (Wildman–Crippen MR) is 124 cm³/mol. The Morgan fingerprint density at radius 1 is 0.531 bits per heavy atom. The third-order valence-electron chi connectivity index (χ3n) is 4.26. The molecule has 0 fully saturated rings. The molecule has 0 saturated carbocycles. The number of hydrogen-bond acceptors (Lipinski definition) is 5. The molecule has 4 amide bonds. The van der Waals surface area contributed by atoms with Crippen LogP contribution in [0.4, 0.5) is 11.4 Å². The van der Waals surface area contributed by atoms with Crippen molar-refractivity contribution in [2.75, 3.05) is 9.80 Å². The van der Waals surface area contributed by atoms with Crippen molar-refractivity contribution in [3.63, 3.8) is 0 Å². The van der Waals surface area contributed by atoms with Crippen molar-refractivity contribution >= 4 is 87.2 Å². The fourth-order valence-electron chi connectivity index (χ4n) is 3.06. The van der Waals surface area contributed by atoms with E-state index in [0.29, 0.717) is 0 Å². The number of anilines is 2. The molecule has 0 aliphatic rings. The Bertz CT molecular complexity index is 1020. The second-order valence-corrected chi connectivity index (χ2v) is 8.28. The van der Waals surface area contributed by atoms with E-state index >= 15 is 0 Å². The minimum Gasteiger partial charge on any atom is -0.289 e. The van der Waals surface area contributed by atoms with Crippen molar-refractivity contribution in [3.8, 4) is 0 Å². The molecule has 2 rings (SSSR count). The zero-order valence-electron chi connectivity index (χ0n) is 17.3. The predicted octanol–water partition coefficient (Wildman–Crippen LogP) is 5.33. The van der Waals surface area contributed by atoms with E-state index < -0.39 is 29.4 Å². The molecule has 0 aromatic heterocycles. The summed E-state index contributed by atoms with van der Waals surface area (Å²) in [6.45, 7) is 4.68. The first-order valence-electron chi connectivity index (χ1n) is 8.93. The van der Waals surface area contributed by atoms with Crippen molar-refractivity contribution in [2.24, 2.45) is 0 Å². The third kappa shape index (κ3) is 5.13. The number of imide groups is 2. The molecule has 0 aliphatic carbocycles. The van der Waals surface area contributed by atoms with Crippen LogP contribution in [0, 0.1) is 0 Å². The second-order valence-electron chi connectivity index (χ2n) is 6.65. The lowest BCUT2D eigenvalue weighted by atomic mass is 10.0. The number of ketones is 1. The van der Waals surface area contributed by atoms with Crippen LogP contribution in [-0.4, -0.2) is 29.4 Å². The molecule has 0 bridgehead atoms. The molecule has 2 aromatic rings. The van der Waals surface area contributed by atoms with Crippen LogP contribution in [0.5, 0.6) is 0 Å². The van der Waals surface area contributed by atoms with Crippen molar-refractivity contribution < 1.29 is 24.0 Å². The van der Waals surface area contributed by atoms with Crippen LogP contribution in [0.1, 0.15) is 43.6 Å². The maximum atomic E-state index is 13.0. The number of halogens is 4. The van der Waals surface area contributed by atoms with Gasteiger partial charge in [-0.15, -0.1) is 0 Å². The molecular weight excluding hydrogens is 502 g/mol. The number of carbonyl (C=O) groups is 5. The summed E-state index contributed by atoms with van der Waals surface area (Å²) in [4.78, 5) is 61.9. The number of benzene rings is 2. The van der Waals surface area contributed by atoms with Gasteiger partial charge in [-0.3, -0.25) is 24.0 Å². The average molecular weight is 518 g/mol. The maximum Gasteiger partial charge on any atom is 0.230 e. The molecule has 32 heavy (non-hydrogen) atoms. The highest BCUT2D eigenvalue weighted by atomic mass is 35.5. The molecule has 0 unspecified atom stereocenters. The number of rotatable bonds is 4. The van der Waals surface area contributed by atoms with Crippen LogP contribution in [0.15, 0.2) is 24.3 Å². The molecule has 168 valence electrons. The summed E-state index contributed by atoms with van der Waals surface area (Å²) in [7, 11) is 0. The SMILES string of the molecule is CC(=O)N(C(C)=O)c1c(Cl)cc(C(=O)c2cc(Cl)c(N(C(C)=O)C(C)=O)c(Cl)c2)cc1Cl. The molecule has 11 heteroatoms. The standard InChI is InChI=1S/C21H16Cl4N2O5/c1-9(28)26(10(2)29)19-15(22)5-13(6-16(19)23)21(32)14-7-17(24)20(18(25)8-14)27(11(3)30)12(4)31/h5-8H,1-4H3. The lowest BCUT2D eigenvalue weighted by Gasteiger charge is -2.21. The average Bonchev–Trinajstić information content (AvgIpc) is 2.64. The zero-order valence-corrected chi connectivity index (χ0v) is 20.3. The summed E-state index contributed by atoms with van der Waals surface area (Å²) >= 11 is 24.9. The number of hydrogen-bond donors (Lipinski definition) is 0. The van der Waals surface area contributed by atoms with E-state index in [0.717, 1.165) is 9.80 Å². The highest BCUT2D eigenvalue weighted by Crippen LogP contribution is 2.38. The second kappa shape index (κ2) is 10.0. The van der Waals surface area contributed by atoms with Gasteiger partial charge in [0.05, 0.1) is 31.5 Å². The lowest BCUT2D eigenvalue weighted by molar-refractivity contribution is -0.125. The molecule has 0 saturated heterocycles. The highest BCUT2D eigenvalue weighted by molar-refractivity contribution is 6.43. The van der Waals surface area contributed by atoms with E-state index in [1.165, 1.54) is 52.0 Å². The summed E-state index contributed by atoms with van der Waals surface area (Å²) in [6.07, 6.45) is 0. The van der Waals surface area contributed by atoms with Crippen LogP contribution in [0.2, 0.25) is 20.1 Å². The first-order valence-corrected chi connectivity index (χ1v) is 10.4. The fraction of sp³-hybridized carbons (Fsp3) is 0.190. The Labute approximate surface area is 203 Å². The summed E-state index contributed by atoms with van der Waals surface area (Å²) in [5, 5.41) is -0.391. The Morgan fingerprint density at radius 2 is 0.750 bits per heavy atom. The molecule has 0 radical (unpaired) electrons. The molecule has 0 aliphatic heterocycles. The van der Waals surface area contributed by atoms with E-state index in [1.54, 1.807) is 0 Å². The Kier molecular flexibility index (Phi) is 8.07. The summed E-state index contributed by atoms with van der Waals surface area (Å²) in [5.41, 5.74) is -0.0268. The molecule has 7 nitrogen and oxygen atoms in total. The van der Waals surface area contributed by atoms with E-state index in [4.69, 9.17) is 46.4 Å². The van der Waals surface area contributed by atoms with E-state index in [1.807, 2.05) is 0 Å². The number of nitrogens with zero attached hydrogens (tertiary/aromatic N) is 2. The minimum absolute atomic E-state index is 0.0330. The summed E-state index contributed by atoms with van der Waals surface area (Å²) in [5.74, 6) is -2.99. The van der Waals surface area contributed by atoms with Gasteiger partial charge in [0.25, 0.3) is 0 Å². The van der Waals surface area contributed by atoms with Crippen LogP contribution in [0.25, 0.3) is 0 Å². The van der Waals surface area contributed by atoms with Crippen molar-refractivity contribution in [1.82, 2.24) is 0 Å². The van der Waals surface area contributed by atoms with Gasteiger partial charge in [0, 0.05) is 38.8 Å². The van der Waals surface area contributed by atoms with Gasteiger partial charge in [-0.05, 0) is 24.3 Å². The fourth-order valence-corrected chi connectivity index (χ4v) is 4.37. The molecule has 0 spiro atoms. The number of amides is 4. The maximum absolute atomic E-state index is 13.0. The van der Waals surface area contributed by atoms with Crippen LogP contribution in [0.3, 0.4) is 0 Å². The molecule has 2 aromatic carbocycles. The van der Waals surface area contributed by atoms with E-state index in [2.05, 4.69) is 0 Å². The normalized spacial score (nSPS) is 10.5. The Morgan fingerprint density at radius 3 is 0.938 bits per heavy atom. The van der Waals surface area contributed by atoms with Gasteiger partial charge in [-0.2, -0.15) is 0 Å². The van der Waals surface area contributed by atoms with Crippen molar-refractivity contribution in [3.05, 3.63) is 55.5 Å². The third-order valence-corrected chi connectivity index (χ3v) is 5.42. The van der Waals surface area contributed by atoms with Crippen molar-refractivity contribution in [1.29, 1.82) is 0 Å². The largest absolute Gasteiger partial charge is 0.289 e. The van der Waals surface area contributed by atoms with Gasteiger partial charge in [0.1, 0.15) is 0 Å². The van der Waals surface area contributed by atoms with Crippen LogP contribution < -0.4 is 9.80 Å². The van der Waals surface area contributed by atoms with Gasteiger partial charge in [-0.1, -0.05) is 46.4 Å². The molecule has 0 heterocycles. The van der Waals surface area contributed by atoms with E-state index in [9.17, 15) is 24.0 Å². The monoisotopic (exact) mass is 516 g/mol. The Balaban J connectivity index is 2.57. The minimum atomic E-state index is -0.602. The van der Waals surface area contributed by atoms with Gasteiger partial charge in [0.15, 0.2) is 5.78 Å². The van der Waals surface area contributed by atoms with Crippen molar-refractivity contribution in [2.45, 2.75) is 27.7 Å². The topological polar surface area (TPSA) is 91.8 Å². The number of carbonyl (C=O) groups excluding carboxylic acids is 5. The van der Waals surface area contributed by atoms with Gasteiger partial charge >= 0.3 is 0 Å². The first kappa shape index (κ1) is 25.8. The molecule has 0 N–H and O–H groups in total. The first-order chi connectivity index (χ1) is 14.8. The quantitative estimate of drug-likeness (QED) is 0.511. The summed E-state index contributed by atoms with van der Waals surface area (Å²) < 4.78 is 0. The van der Waals surface area contributed by atoms with Gasteiger partial charge < -0.3 is 0 Å². The molecule has 0 atom stereocenters. The highest BCUT2D eigenvalue weighted by Gasteiger charge is 2.26. The molecular formula is C21H16Cl4N2O5.